The highest BCUT2D eigenvalue weighted by Crippen LogP contribution is 2.22. The number of benzene rings is 2. The highest BCUT2D eigenvalue weighted by Gasteiger charge is 2.31. The van der Waals surface area contributed by atoms with E-state index in [4.69, 9.17) is 0 Å². The molecule has 0 aliphatic rings. The van der Waals surface area contributed by atoms with E-state index in [1.807, 2.05) is 18.2 Å². The smallest absolute Gasteiger partial charge is 0.406 e. The standard InChI is InChI=1S/C19H18F3N3O2/c1-2-9-25-12-24-16-10-13(3-8-17(16)25)11-23-18(26)14-4-6-15(7-5-14)27-19(20,21)22/h3-8,10,12H,2,9,11H2,1H3,(H,23,26). The minimum Gasteiger partial charge on any atom is -0.406 e. The molecule has 0 atom stereocenters. The summed E-state index contributed by atoms with van der Waals surface area (Å²) in [4.78, 5) is 16.5. The maximum Gasteiger partial charge on any atom is 0.573 e. The van der Waals surface area contributed by atoms with Crippen LogP contribution in [-0.4, -0.2) is 21.8 Å². The fraction of sp³-hybridized carbons (Fsp3) is 0.263. The van der Waals surface area contributed by atoms with Crippen LogP contribution in [0.1, 0.15) is 29.3 Å². The van der Waals surface area contributed by atoms with Crippen LogP contribution in [0.3, 0.4) is 0 Å². The number of carbonyl (C=O) groups excluding carboxylic acids is 1. The number of aryl methyl sites for hydroxylation is 1. The van der Waals surface area contributed by atoms with Gasteiger partial charge >= 0.3 is 6.36 Å². The van der Waals surface area contributed by atoms with Crippen molar-refractivity contribution >= 4 is 16.9 Å². The van der Waals surface area contributed by atoms with E-state index in [9.17, 15) is 18.0 Å². The summed E-state index contributed by atoms with van der Waals surface area (Å²) < 4.78 is 42.3. The van der Waals surface area contributed by atoms with Crippen molar-refractivity contribution in [2.24, 2.45) is 0 Å². The molecule has 0 radical (unpaired) electrons. The molecule has 3 rings (SSSR count). The Hall–Kier alpha value is -3.03. The first-order valence-electron chi connectivity index (χ1n) is 8.43. The van der Waals surface area contributed by atoms with Crippen molar-refractivity contribution in [3.63, 3.8) is 0 Å². The average molecular weight is 377 g/mol. The van der Waals surface area contributed by atoms with Crippen LogP contribution in [0.5, 0.6) is 5.75 Å². The molecule has 5 nitrogen and oxygen atoms in total. The molecule has 0 fully saturated rings. The third kappa shape index (κ3) is 4.78. The van der Waals surface area contributed by atoms with Gasteiger partial charge in [0.1, 0.15) is 5.75 Å². The van der Waals surface area contributed by atoms with Gasteiger partial charge < -0.3 is 14.6 Å². The first-order valence-corrected chi connectivity index (χ1v) is 8.43. The normalized spacial score (nSPS) is 11.6. The van der Waals surface area contributed by atoms with Crippen molar-refractivity contribution in [1.82, 2.24) is 14.9 Å². The maximum atomic E-state index is 12.2. The number of nitrogens with zero attached hydrogens (tertiary/aromatic N) is 2. The zero-order valence-corrected chi connectivity index (χ0v) is 14.6. The number of alkyl halides is 3. The van der Waals surface area contributed by atoms with Gasteiger partial charge in [-0.25, -0.2) is 4.98 Å². The molecule has 1 aromatic heterocycles. The fourth-order valence-corrected chi connectivity index (χ4v) is 2.73. The number of nitrogens with one attached hydrogen (secondary N) is 1. The van der Waals surface area contributed by atoms with Crippen LogP contribution in [0, 0.1) is 0 Å². The molecule has 0 saturated heterocycles. The second-order valence-electron chi connectivity index (χ2n) is 6.02. The van der Waals surface area contributed by atoms with Gasteiger partial charge in [-0.1, -0.05) is 13.0 Å². The van der Waals surface area contributed by atoms with Crippen LogP contribution in [-0.2, 0) is 13.1 Å². The third-order valence-corrected chi connectivity index (χ3v) is 3.95. The highest BCUT2D eigenvalue weighted by molar-refractivity contribution is 5.94. The molecular weight excluding hydrogens is 359 g/mol. The Labute approximate surface area is 153 Å². The van der Waals surface area contributed by atoms with Crippen LogP contribution >= 0.6 is 0 Å². The molecule has 0 bridgehead atoms. The topological polar surface area (TPSA) is 56.2 Å². The monoisotopic (exact) mass is 377 g/mol. The number of rotatable bonds is 6. The number of aromatic nitrogens is 2. The first-order chi connectivity index (χ1) is 12.9. The van der Waals surface area contributed by atoms with Crippen molar-refractivity contribution in [3.05, 3.63) is 59.9 Å². The minimum absolute atomic E-state index is 0.248. The van der Waals surface area contributed by atoms with Gasteiger partial charge in [0.05, 0.1) is 17.4 Å². The van der Waals surface area contributed by atoms with Gasteiger partial charge in [-0.05, 0) is 48.4 Å². The SMILES string of the molecule is CCCn1cnc2cc(CNC(=O)c3ccc(OC(F)(F)F)cc3)ccc21. The van der Waals surface area contributed by atoms with Gasteiger partial charge in [-0.2, -0.15) is 0 Å². The Morgan fingerprint density at radius 2 is 1.93 bits per heavy atom. The summed E-state index contributed by atoms with van der Waals surface area (Å²) in [6, 6.07) is 10.6. The largest absolute Gasteiger partial charge is 0.573 e. The van der Waals surface area contributed by atoms with Gasteiger partial charge in [0.2, 0.25) is 0 Å². The lowest BCUT2D eigenvalue weighted by atomic mass is 10.1. The van der Waals surface area contributed by atoms with Crippen LogP contribution in [0.2, 0.25) is 0 Å². The van der Waals surface area contributed by atoms with Crippen LogP contribution in [0.4, 0.5) is 13.2 Å². The first kappa shape index (κ1) is 18.8. The summed E-state index contributed by atoms with van der Waals surface area (Å²) in [5, 5.41) is 2.74. The molecule has 0 saturated carbocycles. The molecule has 0 unspecified atom stereocenters. The predicted octanol–water partition coefficient (Wildman–Crippen LogP) is 4.27. The Kier molecular flexibility index (Phi) is 5.34. The molecule has 1 heterocycles. The van der Waals surface area contributed by atoms with Crippen molar-refractivity contribution in [3.8, 4) is 5.75 Å². The number of hydrogen-bond acceptors (Lipinski definition) is 3. The summed E-state index contributed by atoms with van der Waals surface area (Å²) in [5.74, 6) is -0.752. The number of ether oxygens (including phenoxy) is 1. The Morgan fingerprint density at radius 3 is 2.59 bits per heavy atom. The number of fused-ring (bicyclic) bond motifs is 1. The molecule has 27 heavy (non-hydrogen) atoms. The lowest BCUT2D eigenvalue weighted by Crippen LogP contribution is -2.23. The molecular formula is C19H18F3N3O2. The van der Waals surface area contributed by atoms with Crippen molar-refractivity contribution in [2.75, 3.05) is 0 Å². The quantitative estimate of drug-likeness (QED) is 0.698. The second kappa shape index (κ2) is 7.69. The van der Waals surface area contributed by atoms with E-state index in [1.54, 1.807) is 6.33 Å². The molecule has 2 aromatic carbocycles. The second-order valence-corrected chi connectivity index (χ2v) is 6.02. The molecule has 8 heteroatoms. The molecule has 0 spiro atoms. The Bertz CT molecular complexity index is 934. The molecule has 0 aliphatic heterocycles. The van der Waals surface area contributed by atoms with Gasteiger partial charge in [-0.15, -0.1) is 13.2 Å². The van der Waals surface area contributed by atoms with Gasteiger partial charge in [0.25, 0.3) is 5.91 Å². The third-order valence-electron chi connectivity index (χ3n) is 3.95. The Morgan fingerprint density at radius 1 is 1.19 bits per heavy atom. The molecule has 1 N–H and O–H groups in total. The predicted molar refractivity (Wildman–Crippen MR) is 94.3 cm³/mol. The van der Waals surface area contributed by atoms with Crippen LogP contribution in [0.25, 0.3) is 11.0 Å². The summed E-state index contributed by atoms with van der Waals surface area (Å²) in [5.41, 5.74) is 3.02. The molecule has 3 aromatic rings. The fourth-order valence-electron chi connectivity index (χ4n) is 2.73. The summed E-state index contributed by atoms with van der Waals surface area (Å²) in [7, 11) is 0. The van der Waals surface area contributed by atoms with Gasteiger partial charge in [0.15, 0.2) is 0 Å². The van der Waals surface area contributed by atoms with Crippen molar-refractivity contribution in [2.45, 2.75) is 32.8 Å². The molecule has 0 aliphatic carbocycles. The molecule has 1 amide bonds. The number of imidazole rings is 1. The highest BCUT2D eigenvalue weighted by atomic mass is 19.4. The lowest BCUT2D eigenvalue weighted by molar-refractivity contribution is -0.274. The van der Waals surface area contributed by atoms with E-state index >= 15 is 0 Å². The number of carbonyl (C=O) groups is 1. The number of halogens is 3. The number of hydrogen-bond donors (Lipinski definition) is 1. The van der Waals surface area contributed by atoms with E-state index in [0.717, 1.165) is 41.7 Å². The van der Waals surface area contributed by atoms with Crippen LogP contribution < -0.4 is 10.1 Å². The van der Waals surface area contributed by atoms with Crippen molar-refractivity contribution < 1.29 is 22.7 Å². The molecule has 142 valence electrons. The number of amides is 1. The zero-order valence-electron chi connectivity index (χ0n) is 14.6. The van der Waals surface area contributed by atoms with Crippen molar-refractivity contribution in [1.29, 1.82) is 0 Å². The van der Waals surface area contributed by atoms with E-state index in [2.05, 4.69) is 26.5 Å². The lowest BCUT2D eigenvalue weighted by Gasteiger charge is -2.09. The maximum absolute atomic E-state index is 12.2. The van der Waals surface area contributed by atoms with E-state index < -0.39 is 6.36 Å². The van der Waals surface area contributed by atoms with Gasteiger partial charge in [0, 0.05) is 18.7 Å². The summed E-state index contributed by atoms with van der Waals surface area (Å²) >= 11 is 0. The minimum atomic E-state index is -4.76. The zero-order chi connectivity index (χ0) is 19.4. The van der Waals surface area contributed by atoms with E-state index in [-0.39, 0.29) is 23.8 Å². The van der Waals surface area contributed by atoms with Crippen LogP contribution in [0.15, 0.2) is 48.8 Å². The summed E-state index contributed by atoms with van der Waals surface area (Å²) in [6.45, 7) is 3.27. The summed E-state index contributed by atoms with van der Waals surface area (Å²) in [6.07, 6.45) is -1.95. The van der Waals surface area contributed by atoms with Gasteiger partial charge in [-0.3, -0.25) is 4.79 Å². The van der Waals surface area contributed by atoms with E-state index in [1.165, 1.54) is 12.1 Å². The Balaban J connectivity index is 1.62. The van der Waals surface area contributed by atoms with E-state index in [0.29, 0.717) is 0 Å². The average Bonchev–Trinajstić information content (AvgIpc) is 3.01.